The second kappa shape index (κ2) is 11.1. The summed E-state index contributed by atoms with van der Waals surface area (Å²) in [6.45, 7) is 3.52. The van der Waals surface area contributed by atoms with Crippen molar-refractivity contribution in [1.29, 1.82) is 0 Å². The summed E-state index contributed by atoms with van der Waals surface area (Å²) in [6, 6.07) is 26.4. The maximum atomic E-state index is 13.4. The Labute approximate surface area is 216 Å². The molecule has 0 bridgehead atoms. The summed E-state index contributed by atoms with van der Waals surface area (Å²) in [7, 11) is -2.49. The van der Waals surface area contributed by atoms with Gasteiger partial charge in [0.15, 0.2) is 0 Å². The monoisotopic (exact) mass is 516 g/mol. The van der Waals surface area contributed by atoms with Gasteiger partial charge in [-0.2, -0.15) is 5.10 Å². The molecule has 8 nitrogen and oxygen atoms in total. The van der Waals surface area contributed by atoms with Gasteiger partial charge >= 0.3 is 0 Å². The minimum absolute atomic E-state index is 0.0791. The van der Waals surface area contributed by atoms with Crippen LogP contribution in [-0.2, 0) is 14.8 Å². The lowest BCUT2D eigenvalue weighted by Crippen LogP contribution is -2.39. The molecule has 0 radical (unpaired) electrons. The zero-order valence-electron chi connectivity index (χ0n) is 20.8. The lowest BCUT2D eigenvalue weighted by molar-refractivity contribution is -0.119. The zero-order valence-corrected chi connectivity index (χ0v) is 21.6. The van der Waals surface area contributed by atoms with E-state index in [1.165, 1.54) is 19.2 Å². The van der Waals surface area contributed by atoms with Crippen LogP contribution in [0.2, 0.25) is 0 Å². The third kappa shape index (κ3) is 5.73. The molecular weight excluding hydrogens is 488 g/mol. The molecule has 0 unspecified atom stereocenters. The first kappa shape index (κ1) is 25.7. The molecule has 3 aromatic carbocycles. The highest BCUT2D eigenvalue weighted by Crippen LogP contribution is 2.25. The van der Waals surface area contributed by atoms with Crippen LogP contribution in [0.4, 0.5) is 5.69 Å². The van der Waals surface area contributed by atoms with E-state index in [9.17, 15) is 13.2 Å². The number of ether oxygens (including phenoxy) is 1. The van der Waals surface area contributed by atoms with Crippen LogP contribution in [0.5, 0.6) is 5.75 Å². The smallest absolute Gasteiger partial charge is 0.264 e. The number of benzene rings is 3. The first-order valence-corrected chi connectivity index (χ1v) is 13.0. The summed E-state index contributed by atoms with van der Waals surface area (Å²) in [5.74, 6) is -0.00796. The Bertz CT molecular complexity index is 1500. The van der Waals surface area contributed by atoms with E-state index < -0.39 is 22.5 Å². The summed E-state index contributed by atoms with van der Waals surface area (Å²) in [5, 5.41) is 4.10. The van der Waals surface area contributed by atoms with Gasteiger partial charge in [0.25, 0.3) is 15.9 Å². The Kier molecular flexibility index (Phi) is 7.74. The normalized spacial score (nSPS) is 11.4. The number of anilines is 1. The quantitative estimate of drug-likeness (QED) is 0.263. The number of hydrogen-bond donors (Lipinski definition) is 1. The molecule has 0 fully saturated rings. The Morgan fingerprint density at radius 3 is 2.22 bits per heavy atom. The van der Waals surface area contributed by atoms with Crippen LogP contribution < -0.4 is 14.5 Å². The van der Waals surface area contributed by atoms with E-state index in [1.807, 2.05) is 50.2 Å². The number of carbonyl (C=O) groups excluding carboxylic acids is 1. The Balaban J connectivity index is 1.54. The first-order chi connectivity index (χ1) is 17.8. The van der Waals surface area contributed by atoms with Gasteiger partial charge in [-0.05, 0) is 68.4 Å². The number of para-hydroxylation sites is 1. The van der Waals surface area contributed by atoms with Gasteiger partial charge in [-0.3, -0.25) is 9.10 Å². The van der Waals surface area contributed by atoms with Gasteiger partial charge in [0.05, 0.1) is 23.9 Å². The van der Waals surface area contributed by atoms with Crippen LogP contribution in [0, 0.1) is 13.8 Å². The van der Waals surface area contributed by atoms with Crippen molar-refractivity contribution in [2.45, 2.75) is 18.7 Å². The lowest BCUT2D eigenvalue weighted by atomic mass is 10.2. The summed E-state index contributed by atoms with van der Waals surface area (Å²) < 4.78 is 35.1. The van der Waals surface area contributed by atoms with Crippen molar-refractivity contribution in [1.82, 2.24) is 9.99 Å². The van der Waals surface area contributed by atoms with Gasteiger partial charge in [0, 0.05) is 22.6 Å². The van der Waals surface area contributed by atoms with Gasteiger partial charge in [-0.1, -0.05) is 36.4 Å². The predicted octanol–water partition coefficient (Wildman–Crippen LogP) is 4.45. The first-order valence-electron chi connectivity index (χ1n) is 11.6. The number of hydrogen-bond acceptors (Lipinski definition) is 5. The van der Waals surface area contributed by atoms with Crippen molar-refractivity contribution >= 4 is 27.8 Å². The number of rotatable bonds is 9. The van der Waals surface area contributed by atoms with E-state index in [-0.39, 0.29) is 4.90 Å². The number of nitrogens with zero attached hydrogens (tertiary/aromatic N) is 3. The van der Waals surface area contributed by atoms with Crippen molar-refractivity contribution in [2.75, 3.05) is 18.0 Å². The topological polar surface area (TPSA) is 93.0 Å². The number of methoxy groups -OCH3 is 1. The van der Waals surface area contributed by atoms with Crippen molar-refractivity contribution in [3.8, 4) is 11.4 Å². The second-order valence-electron chi connectivity index (χ2n) is 8.31. The van der Waals surface area contributed by atoms with Crippen LogP contribution in [0.25, 0.3) is 5.69 Å². The van der Waals surface area contributed by atoms with E-state index in [1.54, 1.807) is 48.7 Å². The fourth-order valence-electron chi connectivity index (χ4n) is 4.02. The van der Waals surface area contributed by atoms with Gasteiger partial charge in [0.1, 0.15) is 12.3 Å². The molecule has 0 atom stereocenters. The number of aryl methyl sites for hydroxylation is 1. The Hall–Kier alpha value is -4.37. The molecule has 1 amide bonds. The van der Waals surface area contributed by atoms with Crippen molar-refractivity contribution in [2.24, 2.45) is 5.10 Å². The largest absolute Gasteiger partial charge is 0.497 e. The average molecular weight is 517 g/mol. The van der Waals surface area contributed by atoms with Crippen LogP contribution in [0.15, 0.2) is 101 Å². The van der Waals surface area contributed by atoms with Crippen LogP contribution in [0.1, 0.15) is 17.0 Å². The average Bonchev–Trinajstić information content (AvgIpc) is 3.20. The molecule has 1 heterocycles. The molecule has 1 N–H and O–H groups in total. The third-order valence-electron chi connectivity index (χ3n) is 5.86. The Morgan fingerprint density at radius 2 is 1.59 bits per heavy atom. The molecule has 9 heteroatoms. The summed E-state index contributed by atoms with van der Waals surface area (Å²) >= 11 is 0. The highest BCUT2D eigenvalue weighted by atomic mass is 32.2. The Morgan fingerprint density at radius 1 is 0.973 bits per heavy atom. The minimum Gasteiger partial charge on any atom is -0.497 e. The third-order valence-corrected chi connectivity index (χ3v) is 7.64. The van der Waals surface area contributed by atoms with Crippen LogP contribution in [-0.4, -0.2) is 38.8 Å². The van der Waals surface area contributed by atoms with Gasteiger partial charge < -0.3 is 9.30 Å². The number of sulfonamides is 1. The van der Waals surface area contributed by atoms with Crippen molar-refractivity contribution < 1.29 is 17.9 Å². The fraction of sp³-hybridized carbons (Fsp3) is 0.143. The predicted molar refractivity (Wildman–Crippen MR) is 145 cm³/mol. The van der Waals surface area contributed by atoms with Crippen LogP contribution in [0.3, 0.4) is 0 Å². The van der Waals surface area contributed by atoms with E-state index >= 15 is 0 Å². The molecule has 0 saturated heterocycles. The SMILES string of the molecule is COc1ccc(N(CC(=O)N/N=C\c2cc(C)n(-c3ccccc3)c2C)S(=O)(=O)c2ccccc2)cc1. The molecule has 190 valence electrons. The maximum Gasteiger partial charge on any atom is 0.264 e. The number of amides is 1. The fourth-order valence-corrected chi connectivity index (χ4v) is 5.46. The molecule has 1 aromatic heterocycles. The zero-order chi connectivity index (χ0) is 26.4. The van der Waals surface area contributed by atoms with Gasteiger partial charge in [-0.15, -0.1) is 0 Å². The summed E-state index contributed by atoms with van der Waals surface area (Å²) in [5.41, 5.74) is 6.65. The van der Waals surface area contributed by atoms with Gasteiger partial charge in [-0.25, -0.2) is 13.8 Å². The van der Waals surface area contributed by atoms with Crippen molar-refractivity contribution in [3.63, 3.8) is 0 Å². The van der Waals surface area contributed by atoms with E-state index in [2.05, 4.69) is 15.1 Å². The molecule has 4 rings (SSSR count). The molecule has 0 spiro atoms. The molecular formula is C28H28N4O4S. The van der Waals surface area contributed by atoms with E-state index in [0.29, 0.717) is 11.4 Å². The van der Waals surface area contributed by atoms with Gasteiger partial charge in [0.2, 0.25) is 0 Å². The van der Waals surface area contributed by atoms with Crippen molar-refractivity contribution in [3.05, 3.63) is 108 Å². The molecule has 0 saturated carbocycles. The second-order valence-corrected chi connectivity index (χ2v) is 10.2. The summed E-state index contributed by atoms with van der Waals surface area (Å²) in [4.78, 5) is 12.9. The highest BCUT2D eigenvalue weighted by Gasteiger charge is 2.27. The highest BCUT2D eigenvalue weighted by molar-refractivity contribution is 7.92. The molecule has 0 aliphatic heterocycles. The molecule has 0 aliphatic rings. The number of carbonyl (C=O) groups is 1. The number of nitrogens with one attached hydrogen (secondary N) is 1. The molecule has 37 heavy (non-hydrogen) atoms. The minimum atomic E-state index is -4.01. The molecule has 0 aliphatic carbocycles. The van der Waals surface area contributed by atoms with Crippen LogP contribution >= 0.6 is 0 Å². The van der Waals surface area contributed by atoms with E-state index in [4.69, 9.17) is 4.74 Å². The van der Waals surface area contributed by atoms with E-state index in [0.717, 1.165) is 26.9 Å². The lowest BCUT2D eigenvalue weighted by Gasteiger charge is -2.23. The maximum absolute atomic E-state index is 13.4. The number of aromatic nitrogens is 1. The number of hydrazone groups is 1. The molecule has 4 aromatic rings. The standard InChI is InChI=1S/C28H28N4O4S/c1-21-18-23(22(2)32(21)25-10-6-4-7-11-25)19-29-30-28(33)20-31(24-14-16-26(36-3)17-15-24)37(34,35)27-12-8-5-9-13-27/h4-19H,20H2,1-3H3,(H,30,33)/b29-19-. The summed E-state index contributed by atoms with van der Waals surface area (Å²) in [6.07, 6.45) is 1.56.